The SMILES string of the molecule is C1=Cc2c(sc3ccccc23)C(c2nc(-c3cc(-c4cccc5oc6ccccc6c45)c4ccccc4c3)nc(-c3ccc4ccc5ccccc5c4c3)n2)C1. The molecule has 11 aromatic rings. The summed E-state index contributed by atoms with van der Waals surface area (Å²) in [5, 5.41) is 10.6. The molecular weight excluding hydrogens is 703 g/mol. The zero-order valence-corrected chi connectivity index (χ0v) is 30.9. The molecule has 0 saturated carbocycles. The van der Waals surface area contributed by atoms with Crippen molar-refractivity contribution in [3.63, 3.8) is 0 Å². The number of rotatable bonds is 4. The van der Waals surface area contributed by atoms with Crippen LogP contribution in [0.15, 0.2) is 168 Å². The number of aromatic nitrogens is 3. The van der Waals surface area contributed by atoms with Gasteiger partial charge in [0.1, 0.15) is 17.0 Å². The molecule has 0 aliphatic heterocycles. The molecule has 0 fully saturated rings. The number of furan rings is 1. The van der Waals surface area contributed by atoms with Crippen molar-refractivity contribution >= 4 is 81.8 Å². The Morgan fingerprint density at radius 1 is 0.500 bits per heavy atom. The Balaban J connectivity index is 1.11. The molecule has 0 bridgehead atoms. The Bertz CT molecular complexity index is 3430. The molecule has 4 nitrogen and oxygen atoms in total. The summed E-state index contributed by atoms with van der Waals surface area (Å²) >= 11 is 1.85. The average molecular weight is 734 g/mol. The highest BCUT2D eigenvalue weighted by molar-refractivity contribution is 7.19. The Morgan fingerprint density at radius 3 is 2.09 bits per heavy atom. The molecule has 1 unspecified atom stereocenters. The number of allylic oxidation sites excluding steroid dienone is 1. The van der Waals surface area contributed by atoms with Crippen LogP contribution in [0.25, 0.3) is 104 Å². The van der Waals surface area contributed by atoms with Crippen molar-refractivity contribution in [1.29, 1.82) is 0 Å². The summed E-state index contributed by atoms with van der Waals surface area (Å²) in [4.78, 5) is 17.4. The quantitative estimate of drug-likeness (QED) is 0.169. The van der Waals surface area contributed by atoms with Gasteiger partial charge in [0.2, 0.25) is 0 Å². The number of thiophene rings is 1. The van der Waals surface area contributed by atoms with E-state index in [2.05, 4.69) is 158 Å². The normalized spacial score (nSPS) is 14.1. The number of para-hydroxylation sites is 1. The van der Waals surface area contributed by atoms with Gasteiger partial charge in [0.15, 0.2) is 11.6 Å². The average Bonchev–Trinajstić information content (AvgIpc) is 3.84. The Labute approximate surface area is 326 Å². The predicted molar refractivity (Wildman–Crippen MR) is 233 cm³/mol. The highest BCUT2D eigenvalue weighted by atomic mass is 32.1. The lowest BCUT2D eigenvalue weighted by Crippen LogP contribution is -2.11. The third-order valence-corrected chi connectivity index (χ3v) is 12.7. The van der Waals surface area contributed by atoms with Gasteiger partial charge in [-0.25, -0.2) is 15.0 Å². The fourth-order valence-electron chi connectivity index (χ4n) is 8.78. The van der Waals surface area contributed by atoms with Crippen LogP contribution in [0.3, 0.4) is 0 Å². The van der Waals surface area contributed by atoms with Gasteiger partial charge in [0.25, 0.3) is 0 Å². The van der Waals surface area contributed by atoms with E-state index in [1.165, 1.54) is 42.1 Å². The van der Waals surface area contributed by atoms with E-state index in [0.717, 1.165) is 67.2 Å². The summed E-state index contributed by atoms with van der Waals surface area (Å²) in [6.45, 7) is 0. The first-order valence-corrected chi connectivity index (χ1v) is 19.8. The second-order valence-electron chi connectivity index (χ2n) is 14.7. The minimum absolute atomic E-state index is 0.000145. The van der Waals surface area contributed by atoms with E-state index < -0.39 is 0 Å². The molecule has 0 amide bonds. The van der Waals surface area contributed by atoms with Crippen LogP contribution in [0, 0.1) is 0 Å². The van der Waals surface area contributed by atoms with Gasteiger partial charge in [-0.3, -0.25) is 0 Å². The van der Waals surface area contributed by atoms with E-state index in [1.54, 1.807) is 0 Å². The van der Waals surface area contributed by atoms with E-state index in [4.69, 9.17) is 19.4 Å². The van der Waals surface area contributed by atoms with E-state index in [0.29, 0.717) is 11.6 Å². The van der Waals surface area contributed by atoms with Crippen LogP contribution >= 0.6 is 11.3 Å². The lowest BCUT2D eigenvalue weighted by molar-refractivity contribution is 0.669. The molecule has 0 spiro atoms. The minimum atomic E-state index is 0.000145. The highest BCUT2D eigenvalue weighted by Crippen LogP contribution is 2.45. The zero-order valence-electron chi connectivity index (χ0n) is 30.1. The van der Waals surface area contributed by atoms with Crippen LogP contribution in [-0.2, 0) is 0 Å². The molecule has 1 aliphatic carbocycles. The molecule has 8 aromatic carbocycles. The second-order valence-corrected chi connectivity index (χ2v) is 15.7. The number of hydrogen-bond donors (Lipinski definition) is 0. The van der Waals surface area contributed by atoms with Crippen LogP contribution in [-0.4, -0.2) is 15.0 Å². The first-order chi connectivity index (χ1) is 27.7. The first kappa shape index (κ1) is 31.4. The summed E-state index contributed by atoms with van der Waals surface area (Å²) in [6.07, 6.45) is 5.38. The van der Waals surface area contributed by atoms with Gasteiger partial charge in [-0.05, 0) is 97.2 Å². The van der Waals surface area contributed by atoms with Crippen LogP contribution in [0.2, 0.25) is 0 Å². The summed E-state index contributed by atoms with van der Waals surface area (Å²) in [6, 6.07) is 56.0. The zero-order chi connectivity index (χ0) is 36.7. The molecule has 0 N–H and O–H groups in total. The topological polar surface area (TPSA) is 51.8 Å². The maximum atomic E-state index is 6.36. The lowest BCUT2D eigenvalue weighted by Gasteiger charge is -2.19. The number of nitrogens with zero attached hydrogens (tertiary/aromatic N) is 3. The molecule has 3 heterocycles. The summed E-state index contributed by atoms with van der Waals surface area (Å²) < 4.78 is 7.64. The fourth-order valence-corrected chi connectivity index (χ4v) is 10.1. The molecule has 262 valence electrons. The van der Waals surface area contributed by atoms with Gasteiger partial charge in [0.05, 0.1) is 5.92 Å². The standard InChI is InChI=1S/C51H31N3OS/c1-3-13-35-30(11-1)23-24-31-25-26-33(28-42(31)35)49-52-50(54-51(53-49)41-19-9-18-39-37-15-6-8-22-46(37)56-48(39)41)34-27-32-12-2-4-14-36(32)43(29-34)38-17-10-21-45-47(38)40-16-5-7-20-44(40)55-45/h1-18,20-29,41H,19H2. The molecule has 0 saturated heterocycles. The molecule has 1 aliphatic rings. The number of hydrogen-bond acceptors (Lipinski definition) is 5. The van der Waals surface area contributed by atoms with Crippen molar-refractivity contribution in [3.05, 3.63) is 180 Å². The van der Waals surface area contributed by atoms with Crippen LogP contribution in [0.1, 0.15) is 28.6 Å². The smallest absolute Gasteiger partial charge is 0.163 e. The molecule has 12 rings (SSSR count). The number of fused-ring (bicyclic) bond motifs is 10. The third kappa shape index (κ3) is 4.88. The van der Waals surface area contributed by atoms with Crippen molar-refractivity contribution < 1.29 is 4.42 Å². The monoisotopic (exact) mass is 733 g/mol. The largest absolute Gasteiger partial charge is 0.456 e. The van der Waals surface area contributed by atoms with Gasteiger partial charge >= 0.3 is 0 Å². The predicted octanol–water partition coefficient (Wildman–Crippen LogP) is 14.0. The van der Waals surface area contributed by atoms with Gasteiger partial charge < -0.3 is 4.42 Å². The van der Waals surface area contributed by atoms with Crippen LogP contribution in [0.4, 0.5) is 0 Å². The number of benzene rings is 8. The van der Waals surface area contributed by atoms with E-state index in [9.17, 15) is 0 Å². The Hall–Kier alpha value is -6.95. The van der Waals surface area contributed by atoms with E-state index in [1.807, 2.05) is 23.5 Å². The van der Waals surface area contributed by atoms with Gasteiger partial charge in [-0.1, -0.05) is 133 Å². The van der Waals surface area contributed by atoms with Crippen molar-refractivity contribution in [3.8, 4) is 33.9 Å². The highest BCUT2D eigenvalue weighted by Gasteiger charge is 2.27. The van der Waals surface area contributed by atoms with Crippen molar-refractivity contribution in [2.75, 3.05) is 0 Å². The van der Waals surface area contributed by atoms with Crippen LogP contribution < -0.4 is 0 Å². The first-order valence-electron chi connectivity index (χ1n) is 19.0. The summed E-state index contributed by atoms with van der Waals surface area (Å²) in [5.74, 6) is 2.13. The van der Waals surface area contributed by atoms with Gasteiger partial charge in [0, 0.05) is 31.5 Å². The summed E-state index contributed by atoms with van der Waals surface area (Å²) in [7, 11) is 0. The lowest BCUT2D eigenvalue weighted by atomic mass is 9.91. The molecule has 0 radical (unpaired) electrons. The second kappa shape index (κ2) is 12.3. The van der Waals surface area contributed by atoms with Crippen molar-refractivity contribution in [2.24, 2.45) is 0 Å². The fraction of sp³-hybridized carbons (Fsp3) is 0.0392. The molecule has 56 heavy (non-hydrogen) atoms. The van der Waals surface area contributed by atoms with E-state index in [-0.39, 0.29) is 5.92 Å². The van der Waals surface area contributed by atoms with Crippen LogP contribution in [0.5, 0.6) is 0 Å². The third-order valence-electron chi connectivity index (χ3n) is 11.4. The Morgan fingerprint density at radius 2 is 1.20 bits per heavy atom. The molecular formula is C51H31N3OS. The van der Waals surface area contributed by atoms with Gasteiger partial charge in [-0.15, -0.1) is 11.3 Å². The van der Waals surface area contributed by atoms with Crippen molar-refractivity contribution in [2.45, 2.75) is 12.3 Å². The Kier molecular flexibility index (Phi) is 6.89. The van der Waals surface area contributed by atoms with Gasteiger partial charge in [-0.2, -0.15) is 0 Å². The molecule has 5 heteroatoms. The molecule has 3 aromatic heterocycles. The summed E-state index contributed by atoms with van der Waals surface area (Å²) in [5.41, 5.74) is 7.18. The maximum Gasteiger partial charge on any atom is 0.163 e. The maximum absolute atomic E-state index is 6.36. The minimum Gasteiger partial charge on any atom is -0.456 e. The molecule has 1 atom stereocenters. The van der Waals surface area contributed by atoms with Crippen molar-refractivity contribution in [1.82, 2.24) is 15.0 Å². The van der Waals surface area contributed by atoms with E-state index >= 15 is 0 Å².